The fraction of sp³-hybridized carbons (Fsp3) is 0.333. The molecule has 0 saturated carbocycles. The van der Waals surface area contributed by atoms with E-state index in [1.165, 1.54) is 14.1 Å². The van der Waals surface area contributed by atoms with Gasteiger partial charge >= 0.3 is 12.4 Å². The standard InChI is InChI=1S/C12H9ClF6N2O/c1-21(2)5-7(10(22)12(17,18)19)9-8(13)3-6(4-20-9)11(14,15)16/h3-5H,1-2H3. The number of pyridine rings is 1. The quantitative estimate of drug-likeness (QED) is 0.617. The largest absolute Gasteiger partial charge is 0.455 e. The van der Waals surface area contributed by atoms with Crippen LogP contribution in [0.2, 0.25) is 5.02 Å². The molecule has 0 fully saturated rings. The molecule has 0 bridgehead atoms. The second-order valence-electron chi connectivity index (χ2n) is 4.39. The second kappa shape index (κ2) is 6.15. The summed E-state index contributed by atoms with van der Waals surface area (Å²) < 4.78 is 75.2. The van der Waals surface area contributed by atoms with Gasteiger partial charge in [-0.2, -0.15) is 26.3 Å². The van der Waals surface area contributed by atoms with Crippen LogP contribution in [-0.2, 0) is 11.0 Å². The molecule has 1 aromatic rings. The van der Waals surface area contributed by atoms with Crippen LogP contribution in [-0.4, -0.2) is 35.9 Å². The molecule has 122 valence electrons. The molecule has 1 aromatic heterocycles. The summed E-state index contributed by atoms with van der Waals surface area (Å²) >= 11 is 5.57. The van der Waals surface area contributed by atoms with Crippen molar-refractivity contribution in [1.82, 2.24) is 9.88 Å². The third-order valence-corrected chi connectivity index (χ3v) is 2.60. The Morgan fingerprint density at radius 3 is 2.14 bits per heavy atom. The number of alkyl halides is 6. The average molecular weight is 347 g/mol. The molecule has 0 aliphatic rings. The molecular weight excluding hydrogens is 338 g/mol. The van der Waals surface area contributed by atoms with Crippen molar-refractivity contribution in [1.29, 1.82) is 0 Å². The van der Waals surface area contributed by atoms with Gasteiger partial charge in [-0.1, -0.05) is 11.6 Å². The Morgan fingerprint density at radius 2 is 1.77 bits per heavy atom. The molecule has 3 nitrogen and oxygen atoms in total. The molecule has 0 aliphatic carbocycles. The first kappa shape index (κ1) is 18.3. The van der Waals surface area contributed by atoms with Crippen LogP contribution in [0.25, 0.3) is 5.57 Å². The molecule has 0 N–H and O–H groups in total. The number of halogens is 7. The molecule has 0 saturated heterocycles. The van der Waals surface area contributed by atoms with Crippen LogP contribution in [0.5, 0.6) is 0 Å². The molecule has 0 spiro atoms. The summed E-state index contributed by atoms with van der Waals surface area (Å²) in [6.45, 7) is 0. The van der Waals surface area contributed by atoms with Gasteiger partial charge in [-0.15, -0.1) is 0 Å². The van der Waals surface area contributed by atoms with Gasteiger partial charge in [0, 0.05) is 26.5 Å². The van der Waals surface area contributed by atoms with Crippen molar-refractivity contribution in [2.24, 2.45) is 0 Å². The van der Waals surface area contributed by atoms with Crippen molar-refractivity contribution in [3.05, 3.63) is 34.7 Å². The Morgan fingerprint density at radius 1 is 1.23 bits per heavy atom. The number of carbonyl (C=O) groups excluding carboxylic acids is 1. The van der Waals surface area contributed by atoms with Crippen molar-refractivity contribution in [3.63, 3.8) is 0 Å². The van der Waals surface area contributed by atoms with Crippen molar-refractivity contribution in [2.75, 3.05) is 14.1 Å². The van der Waals surface area contributed by atoms with Gasteiger partial charge < -0.3 is 4.90 Å². The molecule has 0 amide bonds. The lowest BCUT2D eigenvalue weighted by Gasteiger charge is -2.15. The summed E-state index contributed by atoms with van der Waals surface area (Å²) in [5.41, 5.74) is -2.85. The average Bonchev–Trinajstić information content (AvgIpc) is 2.33. The van der Waals surface area contributed by atoms with Crippen molar-refractivity contribution < 1.29 is 31.1 Å². The Hall–Kier alpha value is -1.77. The van der Waals surface area contributed by atoms with E-state index in [-0.39, 0.29) is 0 Å². The van der Waals surface area contributed by atoms with Gasteiger partial charge in [-0.25, -0.2) is 0 Å². The first-order valence-electron chi connectivity index (χ1n) is 5.57. The van der Waals surface area contributed by atoms with Gasteiger partial charge in [0.2, 0.25) is 0 Å². The molecule has 0 unspecified atom stereocenters. The van der Waals surface area contributed by atoms with E-state index in [0.717, 1.165) is 11.1 Å². The SMILES string of the molecule is CN(C)C=C(C(=O)C(F)(F)F)c1ncc(C(F)(F)F)cc1Cl. The number of allylic oxidation sites excluding steroid dienone is 1. The van der Waals surface area contributed by atoms with Crippen LogP contribution in [0.1, 0.15) is 11.3 Å². The van der Waals surface area contributed by atoms with Gasteiger partial charge in [0.05, 0.1) is 21.9 Å². The number of nitrogens with zero attached hydrogens (tertiary/aromatic N) is 2. The van der Waals surface area contributed by atoms with Crippen molar-refractivity contribution >= 4 is 23.0 Å². The van der Waals surface area contributed by atoms with E-state index in [0.29, 0.717) is 12.3 Å². The van der Waals surface area contributed by atoms with Gasteiger partial charge in [0.15, 0.2) is 0 Å². The summed E-state index contributed by atoms with van der Waals surface area (Å²) in [5, 5.41) is -0.708. The third kappa shape index (κ3) is 4.36. The van der Waals surface area contributed by atoms with Gasteiger partial charge in [-0.3, -0.25) is 9.78 Å². The minimum Gasteiger partial charge on any atom is -0.383 e. The lowest BCUT2D eigenvalue weighted by atomic mass is 10.1. The highest BCUT2D eigenvalue weighted by Gasteiger charge is 2.42. The number of rotatable bonds is 3. The number of Topliss-reactive ketones (excluding diaryl/α,β-unsaturated/α-hetero) is 1. The summed E-state index contributed by atoms with van der Waals surface area (Å²) in [6.07, 6.45) is -8.87. The monoisotopic (exact) mass is 346 g/mol. The Balaban J connectivity index is 3.43. The molecule has 0 atom stereocenters. The highest BCUT2D eigenvalue weighted by Crippen LogP contribution is 2.34. The Kier molecular flexibility index (Phi) is 5.11. The van der Waals surface area contributed by atoms with Crippen molar-refractivity contribution in [3.8, 4) is 0 Å². The van der Waals surface area contributed by atoms with E-state index in [9.17, 15) is 31.1 Å². The topological polar surface area (TPSA) is 33.2 Å². The summed E-state index contributed by atoms with van der Waals surface area (Å²) in [4.78, 5) is 15.8. The van der Waals surface area contributed by atoms with Crippen LogP contribution in [0.3, 0.4) is 0 Å². The van der Waals surface area contributed by atoms with Crippen LogP contribution in [0, 0.1) is 0 Å². The van der Waals surface area contributed by atoms with Crippen LogP contribution >= 0.6 is 11.6 Å². The van der Waals surface area contributed by atoms with Crippen LogP contribution in [0.4, 0.5) is 26.3 Å². The molecule has 0 aromatic carbocycles. The Labute approximate surface area is 126 Å². The van der Waals surface area contributed by atoms with E-state index in [4.69, 9.17) is 11.6 Å². The van der Waals surface area contributed by atoms with E-state index in [2.05, 4.69) is 4.98 Å². The summed E-state index contributed by atoms with van der Waals surface area (Å²) in [5.74, 6) is -2.25. The molecule has 0 aliphatic heterocycles. The van der Waals surface area contributed by atoms with Crippen LogP contribution < -0.4 is 0 Å². The molecule has 22 heavy (non-hydrogen) atoms. The molecular formula is C12H9ClF6N2O. The number of hydrogen-bond acceptors (Lipinski definition) is 3. The fourth-order valence-electron chi connectivity index (χ4n) is 1.43. The smallest absolute Gasteiger partial charge is 0.383 e. The number of aromatic nitrogens is 1. The zero-order valence-electron chi connectivity index (χ0n) is 11.2. The number of hydrogen-bond donors (Lipinski definition) is 0. The highest BCUT2D eigenvalue weighted by molar-refractivity contribution is 6.35. The van der Waals surface area contributed by atoms with E-state index >= 15 is 0 Å². The normalized spacial score (nSPS) is 13.2. The minimum atomic E-state index is -5.21. The lowest BCUT2D eigenvalue weighted by molar-refractivity contribution is -0.164. The predicted molar refractivity (Wildman–Crippen MR) is 67.0 cm³/mol. The minimum absolute atomic E-state index is 0.314. The molecule has 1 rings (SSSR count). The first-order chi connectivity index (χ1) is 9.84. The maximum Gasteiger partial charge on any atom is 0.455 e. The number of ketones is 1. The molecule has 1 heterocycles. The van der Waals surface area contributed by atoms with E-state index in [1.807, 2.05) is 0 Å². The van der Waals surface area contributed by atoms with Gasteiger partial charge in [0.1, 0.15) is 0 Å². The van der Waals surface area contributed by atoms with Crippen LogP contribution in [0.15, 0.2) is 18.5 Å². The molecule has 0 radical (unpaired) electrons. The second-order valence-corrected chi connectivity index (χ2v) is 4.79. The zero-order valence-corrected chi connectivity index (χ0v) is 11.9. The predicted octanol–water partition coefficient (Wildman–Crippen LogP) is 3.79. The lowest BCUT2D eigenvalue weighted by Crippen LogP contribution is -2.25. The maximum atomic E-state index is 12.6. The fourth-order valence-corrected chi connectivity index (χ4v) is 1.70. The van der Waals surface area contributed by atoms with Gasteiger partial charge in [-0.05, 0) is 6.07 Å². The number of carbonyl (C=O) groups is 1. The Bertz CT molecular complexity index is 607. The maximum absolute atomic E-state index is 12.6. The van der Waals surface area contributed by atoms with Crippen molar-refractivity contribution in [2.45, 2.75) is 12.4 Å². The third-order valence-electron chi connectivity index (χ3n) is 2.31. The van der Waals surface area contributed by atoms with E-state index < -0.39 is 40.0 Å². The summed E-state index contributed by atoms with van der Waals surface area (Å²) in [7, 11) is 2.67. The summed E-state index contributed by atoms with van der Waals surface area (Å²) in [6, 6.07) is 0.414. The molecule has 10 heteroatoms. The highest BCUT2D eigenvalue weighted by atomic mass is 35.5. The first-order valence-corrected chi connectivity index (χ1v) is 5.94. The van der Waals surface area contributed by atoms with Gasteiger partial charge in [0.25, 0.3) is 5.78 Å². The zero-order chi connectivity index (χ0) is 17.3. The van der Waals surface area contributed by atoms with E-state index in [1.54, 1.807) is 0 Å².